The Bertz CT molecular complexity index is 1130. The van der Waals surface area contributed by atoms with E-state index in [9.17, 15) is 25.3 Å². The van der Waals surface area contributed by atoms with Gasteiger partial charge in [0, 0.05) is 69.2 Å². The zero-order valence-electron chi connectivity index (χ0n) is 16.7. The number of nitrogens with zero attached hydrogens (tertiary/aromatic N) is 3. The molecule has 15 heteroatoms. The minimum absolute atomic E-state index is 0.142. The minimum atomic E-state index is -3.43. The summed E-state index contributed by atoms with van der Waals surface area (Å²) >= 11 is 0. The van der Waals surface area contributed by atoms with Crippen molar-refractivity contribution in [1.29, 1.82) is 0 Å². The van der Waals surface area contributed by atoms with Crippen LogP contribution < -0.4 is 0 Å². The lowest BCUT2D eigenvalue weighted by molar-refractivity contribution is 0.607. The van der Waals surface area contributed by atoms with Gasteiger partial charge in [0.2, 0.25) is 27.2 Å². The molecule has 33 heavy (non-hydrogen) atoms. The third kappa shape index (κ3) is 17.3. The number of halogens is 3. The molecule has 0 fully saturated rings. The second-order valence-corrected chi connectivity index (χ2v) is 14.4. The minimum Gasteiger partial charge on any atom is -0.265 e. The van der Waals surface area contributed by atoms with Crippen LogP contribution in [-0.2, 0) is 44.4 Å². The molecule has 0 radical (unpaired) electrons. The van der Waals surface area contributed by atoms with Crippen molar-refractivity contribution in [2.75, 3.05) is 0 Å². The third-order valence-electron chi connectivity index (χ3n) is 3.27. The number of pyridine rings is 3. The summed E-state index contributed by atoms with van der Waals surface area (Å²) < 4.78 is 63.3. The van der Waals surface area contributed by atoms with E-state index in [1.165, 1.54) is 37.2 Å². The van der Waals surface area contributed by atoms with Gasteiger partial charge in [0.25, 0.3) is 0 Å². The molecule has 180 valence electrons. The van der Waals surface area contributed by atoms with Crippen molar-refractivity contribution in [3.05, 3.63) is 90.3 Å². The average molecular weight is 575 g/mol. The summed E-state index contributed by atoms with van der Waals surface area (Å²) in [6, 6.07) is 9.67. The SMILES string of the molecule is O=S(=O)(Cl)Cc1ccncc1.O=S(=O)(Cl)Cc1ccncc1.O=S(=O)(Cl)Cc1ccncc1. The lowest BCUT2D eigenvalue weighted by atomic mass is 10.3. The van der Waals surface area contributed by atoms with Gasteiger partial charge >= 0.3 is 0 Å². The molecule has 0 N–H and O–H groups in total. The van der Waals surface area contributed by atoms with Gasteiger partial charge in [-0.1, -0.05) is 0 Å². The van der Waals surface area contributed by atoms with Gasteiger partial charge in [0.05, 0.1) is 17.3 Å². The van der Waals surface area contributed by atoms with Crippen molar-refractivity contribution < 1.29 is 25.3 Å². The first-order valence-electron chi connectivity index (χ1n) is 8.67. The van der Waals surface area contributed by atoms with Crippen LogP contribution in [0.3, 0.4) is 0 Å². The van der Waals surface area contributed by atoms with Gasteiger partial charge in [-0.05, 0) is 53.1 Å². The van der Waals surface area contributed by atoms with Crippen LogP contribution in [0.25, 0.3) is 0 Å². The van der Waals surface area contributed by atoms with E-state index < -0.39 is 27.2 Å². The Labute approximate surface area is 206 Å². The Morgan fingerprint density at radius 3 is 0.788 bits per heavy atom. The van der Waals surface area contributed by atoms with Crippen molar-refractivity contribution in [3.8, 4) is 0 Å². The van der Waals surface area contributed by atoms with Crippen LogP contribution in [-0.4, -0.2) is 40.2 Å². The van der Waals surface area contributed by atoms with Gasteiger partial charge in [-0.3, -0.25) is 15.0 Å². The average Bonchev–Trinajstić information content (AvgIpc) is 2.67. The fraction of sp³-hybridized carbons (Fsp3) is 0.167. The quantitative estimate of drug-likeness (QED) is 0.405. The molecule has 0 saturated carbocycles. The second kappa shape index (κ2) is 13.8. The Kier molecular flexibility index (Phi) is 12.2. The number of hydrogen-bond acceptors (Lipinski definition) is 9. The van der Waals surface area contributed by atoms with E-state index in [2.05, 4.69) is 15.0 Å². The largest absolute Gasteiger partial charge is 0.265 e. The third-order valence-corrected chi connectivity index (χ3v) is 6.28. The van der Waals surface area contributed by atoms with Gasteiger partial charge in [-0.2, -0.15) is 0 Å². The molecule has 0 saturated heterocycles. The van der Waals surface area contributed by atoms with Crippen LogP contribution >= 0.6 is 32.0 Å². The summed E-state index contributed by atoms with van der Waals surface area (Å²) in [4.78, 5) is 11.2. The van der Waals surface area contributed by atoms with Gasteiger partial charge in [0.15, 0.2) is 0 Å². The first-order chi connectivity index (χ1) is 15.2. The molecule has 0 unspecified atom stereocenters. The summed E-state index contributed by atoms with van der Waals surface area (Å²) in [6.45, 7) is 0. The predicted octanol–water partition coefficient (Wildman–Crippen LogP) is 3.45. The van der Waals surface area contributed by atoms with Crippen LogP contribution in [0.5, 0.6) is 0 Å². The first-order valence-corrected chi connectivity index (χ1v) is 16.1. The molecule has 0 atom stereocenters. The molecule has 3 rings (SSSR count). The molecule has 3 aromatic rings. The maximum absolute atomic E-state index is 10.5. The van der Waals surface area contributed by atoms with Crippen LogP contribution in [0.2, 0.25) is 0 Å². The van der Waals surface area contributed by atoms with E-state index >= 15 is 0 Å². The van der Waals surface area contributed by atoms with E-state index in [0.29, 0.717) is 16.7 Å². The van der Waals surface area contributed by atoms with Gasteiger partial charge in [-0.25, -0.2) is 25.3 Å². The molecule has 0 aliphatic heterocycles. The fourth-order valence-electron chi connectivity index (χ4n) is 2.03. The normalized spacial score (nSPS) is 11.4. The van der Waals surface area contributed by atoms with Crippen LogP contribution in [0.1, 0.15) is 16.7 Å². The summed E-state index contributed by atoms with van der Waals surface area (Å²) in [6.07, 6.45) is 9.15. The highest BCUT2D eigenvalue weighted by molar-refractivity contribution is 8.13. The molecule has 3 heterocycles. The van der Waals surface area contributed by atoms with E-state index in [0.717, 1.165) is 0 Å². The molecule has 0 spiro atoms. The van der Waals surface area contributed by atoms with Crippen molar-refractivity contribution >= 4 is 59.2 Å². The van der Waals surface area contributed by atoms with Crippen molar-refractivity contribution in [3.63, 3.8) is 0 Å². The number of rotatable bonds is 6. The first kappa shape index (κ1) is 29.2. The lowest BCUT2D eigenvalue weighted by Crippen LogP contribution is -1.94. The molecule has 0 amide bonds. The van der Waals surface area contributed by atoms with E-state index in [-0.39, 0.29) is 17.3 Å². The smallest absolute Gasteiger partial charge is 0.236 e. The van der Waals surface area contributed by atoms with Gasteiger partial charge in [0.1, 0.15) is 0 Å². The Morgan fingerprint density at radius 2 is 0.636 bits per heavy atom. The van der Waals surface area contributed by atoms with Crippen molar-refractivity contribution in [2.45, 2.75) is 17.3 Å². The molecule has 0 aromatic carbocycles. The summed E-state index contributed by atoms with van der Waals surface area (Å²) in [7, 11) is 4.76. The monoisotopic (exact) mass is 573 g/mol. The highest BCUT2D eigenvalue weighted by atomic mass is 35.7. The van der Waals surface area contributed by atoms with E-state index in [4.69, 9.17) is 32.0 Å². The van der Waals surface area contributed by atoms with Crippen LogP contribution in [0.15, 0.2) is 73.6 Å². The lowest BCUT2D eigenvalue weighted by Gasteiger charge is -1.94. The number of hydrogen-bond donors (Lipinski definition) is 0. The highest BCUT2D eigenvalue weighted by Gasteiger charge is 2.06. The Morgan fingerprint density at radius 1 is 0.455 bits per heavy atom. The summed E-state index contributed by atoms with van der Waals surface area (Å²) in [5, 5.41) is 0. The zero-order valence-corrected chi connectivity index (χ0v) is 21.4. The topological polar surface area (TPSA) is 141 Å². The van der Waals surface area contributed by atoms with Crippen LogP contribution in [0.4, 0.5) is 0 Å². The van der Waals surface area contributed by atoms with E-state index in [1.807, 2.05) is 0 Å². The van der Waals surface area contributed by atoms with Crippen molar-refractivity contribution in [1.82, 2.24) is 15.0 Å². The standard InChI is InChI=1S/3C6H6ClNO2S/c3*7-11(9,10)5-6-1-3-8-4-2-6/h3*1-4H,5H2. The van der Waals surface area contributed by atoms with Crippen molar-refractivity contribution in [2.24, 2.45) is 0 Å². The zero-order chi connectivity index (χ0) is 25.0. The van der Waals surface area contributed by atoms with E-state index in [1.54, 1.807) is 36.4 Å². The molecular weight excluding hydrogens is 557 g/mol. The number of aromatic nitrogens is 3. The highest BCUT2D eigenvalue weighted by Crippen LogP contribution is 2.08. The second-order valence-electron chi connectivity index (χ2n) is 6.12. The van der Waals surface area contributed by atoms with Gasteiger partial charge in [-0.15, -0.1) is 0 Å². The van der Waals surface area contributed by atoms with Gasteiger partial charge < -0.3 is 0 Å². The Balaban J connectivity index is 0.000000247. The maximum atomic E-state index is 10.5. The maximum Gasteiger partial charge on any atom is 0.236 e. The molecule has 0 aliphatic carbocycles. The summed E-state index contributed by atoms with van der Waals surface area (Å²) in [5.41, 5.74) is 1.94. The molecule has 0 bridgehead atoms. The molecule has 9 nitrogen and oxygen atoms in total. The predicted molar refractivity (Wildman–Crippen MR) is 128 cm³/mol. The Hall–Kier alpha value is -1.83. The summed E-state index contributed by atoms with van der Waals surface area (Å²) in [5.74, 6) is -0.425. The molecule has 3 aromatic heterocycles. The molecule has 0 aliphatic rings. The molecular formula is C18H18Cl3N3O6S3. The van der Waals surface area contributed by atoms with Crippen LogP contribution in [0, 0.1) is 0 Å². The fourth-order valence-corrected chi connectivity index (χ4v) is 4.94.